The van der Waals surface area contributed by atoms with E-state index in [4.69, 9.17) is 9.15 Å². The van der Waals surface area contributed by atoms with E-state index < -0.39 is 0 Å². The van der Waals surface area contributed by atoms with Crippen molar-refractivity contribution < 1.29 is 9.15 Å². The summed E-state index contributed by atoms with van der Waals surface area (Å²) in [5, 5.41) is 4.53. The minimum absolute atomic E-state index is 0.597. The molecule has 1 N–H and O–H groups in total. The van der Waals surface area contributed by atoms with Crippen molar-refractivity contribution >= 4 is 16.7 Å². The summed E-state index contributed by atoms with van der Waals surface area (Å²) < 4.78 is 11.3. The highest BCUT2D eigenvalue weighted by Gasteiger charge is 2.11. The zero-order valence-electron chi connectivity index (χ0n) is 12.2. The van der Waals surface area contributed by atoms with Crippen LogP contribution in [-0.2, 0) is 6.54 Å². The maximum absolute atomic E-state index is 5.78. The Labute approximate surface area is 123 Å². The Balaban J connectivity index is 1.85. The average molecular weight is 282 g/mol. The van der Waals surface area contributed by atoms with Gasteiger partial charge in [0, 0.05) is 23.7 Å². The maximum Gasteiger partial charge on any atom is 0.237 e. The van der Waals surface area contributed by atoms with Crippen LogP contribution in [0.2, 0.25) is 0 Å². The number of ether oxygens (including phenoxy) is 1. The summed E-state index contributed by atoms with van der Waals surface area (Å²) in [6.07, 6.45) is 1.73. The molecule has 0 unspecified atom stereocenters. The highest BCUT2D eigenvalue weighted by Crippen LogP contribution is 2.27. The smallest absolute Gasteiger partial charge is 0.237 e. The number of aryl methyl sites for hydroxylation is 1. The van der Waals surface area contributed by atoms with Crippen LogP contribution in [0.5, 0.6) is 5.88 Å². The van der Waals surface area contributed by atoms with Gasteiger partial charge in [-0.15, -0.1) is 0 Å². The van der Waals surface area contributed by atoms with Crippen molar-refractivity contribution in [2.45, 2.75) is 20.4 Å². The van der Waals surface area contributed by atoms with Crippen molar-refractivity contribution in [3.8, 4) is 5.88 Å². The molecule has 2 heterocycles. The Morgan fingerprint density at radius 2 is 2.05 bits per heavy atom. The molecule has 21 heavy (non-hydrogen) atoms. The molecule has 0 radical (unpaired) electrons. The van der Waals surface area contributed by atoms with Crippen molar-refractivity contribution in [3.05, 3.63) is 53.9 Å². The fourth-order valence-corrected chi connectivity index (χ4v) is 2.40. The number of anilines is 1. The van der Waals surface area contributed by atoms with Gasteiger partial charge in [0.2, 0.25) is 5.88 Å². The molecule has 0 fully saturated rings. The minimum atomic E-state index is 0.597. The van der Waals surface area contributed by atoms with Gasteiger partial charge in [0.05, 0.1) is 12.3 Å². The molecule has 3 rings (SSSR count). The van der Waals surface area contributed by atoms with Gasteiger partial charge >= 0.3 is 0 Å². The van der Waals surface area contributed by atoms with Crippen molar-refractivity contribution in [1.29, 1.82) is 0 Å². The van der Waals surface area contributed by atoms with E-state index in [0.29, 0.717) is 19.0 Å². The highest BCUT2D eigenvalue weighted by molar-refractivity contribution is 5.82. The number of aromatic nitrogens is 1. The lowest BCUT2D eigenvalue weighted by atomic mass is 10.1. The first-order valence-electron chi connectivity index (χ1n) is 7.08. The molecule has 0 atom stereocenters. The Morgan fingerprint density at radius 1 is 1.19 bits per heavy atom. The van der Waals surface area contributed by atoms with Gasteiger partial charge in [0.1, 0.15) is 11.3 Å². The fourth-order valence-electron chi connectivity index (χ4n) is 2.40. The number of rotatable bonds is 5. The van der Waals surface area contributed by atoms with Gasteiger partial charge in [-0.25, -0.2) is 4.98 Å². The van der Waals surface area contributed by atoms with Gasteiger partial charge in [-0.3, -0.25) is 0 Å². The summed E-state index contributed by atoms with van der Waals surface area (Å²) in [7, 11) is 0. The SMILES string of the molecule is CCOc1ncccc1NCc1c(C)oc2ccccc12. The maximum atomic E-state index is 5.78. The number of nitrogens with one attached hydrogen (secondary N) is 1. The Bertz CT molecular complexity index is 749. The van der Waals surface area contributed by atoms with Crippen molar-refractivity contribution in [3.63, 3.8) is 0 Å². The van der Waals surface area contributed by atoms with E-state index in [1.807, 2.05) is 44.2 Å². The lowest BCUT2D eigenvalue weighted by molar-refractivity contribution is 0.328. The zero-order chi connectivity index (χ0) is 14.7. The summed E-state index contributed by atoms with van der Waals surface area (Å²) in [5.41, 5.74) is 2.98. The van der Waals surface area contributed by atoms with Crippen LogP contribution in [0.15, 0.2) is 47.0 Å². The molecule has 2 aromatic heterocycles. The molecule has 0 saturated heterocycles. The second-order valence-electron chi connectivity index (χ2n) is 4.78. The number of hydrogen-bond donors (Lipinski definition) is 1. The monoisotopic (exact) mass is 282 g/mol. The summed E-state index contributed by atoms with van der Waals surface area (Å²) in [5.74, 6) is 1.57. The van der Waals surface area contributed by atoms with Gasteiger partial charge in [-0.2, -0.15) is 0 Å². The number of nitrogens with zero attached hydrogens (tertiary/aromatic N) is 1. The molecule has 3 aromatic rings. The van der Waals surface area contributed by atoms with Crippen LogP contribution in [-0.4, -0.2) is 11.6 Å². The molecule has 0 aliphatic heterocycles. The number of fused-ring (bicyclic) bond motifs is 1. The predicted molar refractivity (Wildman–Crippen MR) is 83.7 cm³/mol. The quantitative estimate of drug-likeness (QED) is 0.763. The van der Waals surface area contributed by atoms with Crippen LogP contribution in [0.3, 0.4) is 0 Å². The van der Waals surface area contributed by atoms with Crippen LogP contribution in [0.1, 0.15) is 18.2 Å². The van der Waals surface area contributed by atoms with E-state index in [1.165, 1.54) is 0 Å². The topological polar surface area (TPSA) is 47.3 Å². The van der Waals surface area contributed by atoms with Gasteiger partial charge in [-0.1, -0.05) is 18.2 Å². The number of pyridine rings is 1. The summed E-state index contributed by atoms with van der Waals surface area (Å²) in [6.45, 7) is 5.21. The molecular weight excluding hydrogens is 264 g/mol. The van der Waals surface area contributed by atoms with E-state index in [-0.39, 0.29) is 0 Å². The van der Waals surface area contributed by atoms with Gasteiger partial charge in [0.25, 0.3) is 0 Å². The summed E-state index contributed by atoms with van der Waals surface area (Å²) in [4.78, 5) is 4.24. The van der Waals surface area contributed by atoms with Crippen LogP contribution < -0.4 is 10.1 Å². The first kappa shape index (κ1) is 13.5. The molecule has 0 spiro atoms. The van der Waals surface area contributed by atoms with Crippen LogP contribution in [0, 0.1) is 6.92 Å². The highest BCUT2D eigenvalue weighted by atomic mass is 16.5. The minimum Gasteiger partial charge on any atom is -0.476 e. The molecule has 0 aliphatic rings. The lowest BCUT2D eigenvalue weighted by Gasteiger charge is -2.10. The van der Waals surface area contributed by atoms with E-state index >= 15 is 0 Å². The molecule has 1 aromatic carbocycles. The normalized spacial score (nSPS) is 10.8. The third-order valence-corrected chi connectivity index (χ3v) is 3.41. The number of para-hydroxylation sites is 1. The second-order valence-corrected chi connectivity index (χ2v) is 4.78. The standard InChI is InChI=1S/C17H18N2O2/c1-3-20-17-15(8-6-10-18-17)19-11-14-12(2)21-16-9-5-4-7-13(14)16/h4-10,19H,3,11H2,1-2H3. The molecular formula is C17H18N2O2. The van der Waals surface area contributed by atoms with Gasteiger partial charge in [0.15, 0.2) is 0 Å². The van der Waals surface area contributed by atoms with Crippen LogP contribution >= 0.6 is 0 Å². The van der Waals surface area contributed by atoms with E-state index in [9.17, 15) is 0 Å². The zero-order valence-corrected chi connectivity index (χ0v) is 12.2. The Morgan fingerprint density at radius 3 is 2.90 bits per heavy atom. The molecule has 0 bridgehead atoms. The first-order valence-corrected chi connectivity index (χ1v) is 7.08. The Kier molecular flexibility index (Phi) is 3.77. The van der Waals surface area contributed by atoms with Crippen molar-refractivity contribution in [2.24, 2.45) is 0 Å². The third kappa shape index (κ3) is 2.70. The largest absolute Gasteiger partial charge is 0.476 e. The van der Waals surface area contributed by atoms with E-state index in [0.717, 1.165) is 28.0 Å². The predicted octanol–water partition coefficient (Wildman–Crippen LogP) is 4.15. The van der Waals surface area contributed by atoms with E-state index in [1.54, 1.807) is 6.20 Å². The van der Waals surface area contributed by atoms with Gasteiger partial charge < -0.3 is 14.5 Å². The van der Waals surface area contributed by atoms with Crippen LogP contribution in [0.25, 0.3) is 11.0 Å². The van der Waals surface area contributed by atoms with Crippen LogP contribution in [0.4, 0.5) is 5.69 Å². The molecule has 108 valence electrons. The summed E-state index contributed by atoms with van der Waals surface area (Å²) in [6, 6.07) is 11.9. The first-order chi connectivity index (χ1) is 10.3. The van der Waals surface area contributed by atoms with E-state index in [2.05, 4.69) is 16.4 Å². The number of furan rings is 1. The lowest BCUT2D eigenvalue weighted by Crippen LogP contribution is -2.04. The molecule has 4 nitrogen and oxygen atoms in total. The Hall–Kier alpha value is -2.49. The number of hydrogen-bond acceptors (Lipinski definition) is 4. The second kappa shape index (κ2) is 5.87. The van der Waals surface area contributed by atoms with Crippen molar-refractivity contribution in [2.75, 3.05) is 11.9 Å². The average Bonchev–Trinajstić information content (AvgIpc) is 2.82. The molecule has 0 saturated carbocycles. The molecule has 0 aliphatic carbocycles. The van der Waals surface area contributed by atoms with Crippen molar-refractivity contribution in [1.82, 2.24) is 4.98 Å². The van der Waals surface area contributed by atoms with Gasteiger partial charge in [-0.05, 0) is 32.0 Å². The summed E-state index contributed by atoms with van der Waals surface area (Å²) >= 11 is 0. The third-order valence-electron chi connectivity index (χ3n) is 3.41. The fraction of sp³-hybridized carbons (Fsp3) is 0.235. The molecule has 0 amide bonds. The number of benzene rings is 1. The molecule has 4 heteroatoms.